The first kappa shape index (κ1) is 30.6. The third-order valence-electron chi connectivity index (χ3n) is 8.18. The van der Waals surface area contributed by atoms with Crippen LogP contribution in [-0.2, 0) is 14.4 Å². The van der Waals surface area contributed by atoms with Gasteiger partial charge >= 0.3 is 5.97 Å². The number of carboxylic acids is 1. The molecule has 2 aliphatic rings. The molecule has 9 nitrogen and oxygen atoms in total. The predicted molar refractivity (Wildman–Crippen MR) is 152 cm³/mol. The Morgan fingerprint density at radius 3 is 2.28 bits per heavy atom. The lowest BCUT2D eigenvalue weighted by atomic mass is 9.81. The number of benzene rings is 1. The van der Waals surface area contributed by atoms with Crippen molar-refractivity contribution in [2.45, 2.75) is 95.2 Å². The Morgan fingerprint density at radius 2 is 1.64 bits per heavy atom. The zero-order chi connectivity index (χ0) is 27.1. The number of Topliss-reactive ketones (excluding diaryl/α,β-unsaturated/α-hetero) is 1. The fourth-order valence-electron chi connectivity index (χ4n) is 6.20. The number of amides is 2. The number of aliphatic carboxylic acids is 1. The fourth-order valence-corrected chi connectivity index (χ4v) is 6.20. The van der Waals surface area contributed by atoms with Crippen molar-refractivity contribution in [1.29, 1.82) is 0 Å². The highest BCUT2D eigenvalue weighted by atomic mass is 35.5. The van der Waals surface area contributed by atoms with Gasteiger partial charge in [0.2, 0.25) is 5.91 Å². The summed E-state index contributed by atoms with van der Waals surface area (Å²) in [4.78, 5) is 58.4. The van der Waals surface area contributed by atoms with Gasteiger partial charge in [-0.3, -0.25) is 14.4 Å². The minimum absolute atomic E-state index is 0. The number of aromatic nitrogens is 1. The van der Waals surface area contributed by atoms with Crippen molar-refractivity contribution in [1.82, 2.24) is 15.2 Å². The van der Waals surface area contributed by atoms with Crippen molar-refractivity contribution in [3.05, 3.63) is 36.0 Å². The van der Waals surface area contributed by atoms with Gasteiger partial charge in [0.1, 0.15) is 12.1 Å². The minimum Gasteiger partial charge on any atom is -0.480 e. The third-order valence-corrected chi connectivity index (χ3v) is 8.18. The van der Waals surface area contributed by atoms with Crippen LogP contribution in [0.3, 0.4) is 0 Å². The van der Waals surface area contributed by atoms with E-state index >= 15 is 0 Å². The third kappa shape index (κ3) is 7.19. The highest BCUT2D eigenvalue weighted by molar-refractivity contribution is 6.45. The lowest BCUT2D eigenvalue weighted by Gasteiger charge is -2.41. The summed E-state index contributed by atoms with van der Waals surface area (Å²) in [5, 5.41) is 14.0. The average Bonchev–Trinajstić information content (AvgIpc) is 3.37. The summed E-state index contributed by atoms with van der Waals surface area (Å²) < 4.78 is 0. The first-order valence-corrected chi connectivity index (χ1v) is 14.1. The molecule has 1 heterocycles. The predicted octanol–water partition coefficient (Wildman–Crippen LogP) is 4.19. The zero-order valence-electron chi connectivity index (χ0n) is 22.4. The van der Waals surface area contributed by atoms with E-state index in [1.807, 2.05) is 6.07 Å². The molecule has 214 valence electrons. The van der Waals surface area contributed by atoms with Gasteiger partial charge in [0.25, 0.3) is 11.7 Å². The summed E-state index contributed by atoms with van der Waals surface area (Å²) in [5.41, 5.74) is 6.58. The number of fused-ring (bicyclic) bond motifs is 1. The van der Waals surface area contributed by atoms with Gasteiger partial charge in [-0.15, -0.1) is 12.4 Å². The van der Waals surface area contributed by atoms with Crippen molar-refractivity contribution < 1.29 is 24.3 Å². The van der Waals surface area contributed by atoms with Gasteiger partial charge in [-0.25, -0.2) is 4.79 Å². The van der Waals surface area contributed by atoms with Crippen molar-refractivity contribution in [2.75, 3.05) is 6.54 Å². The number of nitrogens with one attached hydrogen (secondary N) is 2. The number of carboxylic acid groups (broad SMARTS) is 1. The number of carbonyl (C=O) groups excluding carboxylic acids is 3. The Kier molecular flexibility index (Phi) is 11.4. The van der Waals surface area contributed by atoms with Crippen LogP contribution in [0.4, 0.5) is 0 Å². The molecule has 1 unspecified atom stereocenters. The number of nitrogens with zero attached hydrogens (tertiary/aromatic N) is 1. The number of ketones is 1. The molecule has 0 spiro atoms. The fraction of sp³-hybridized carbons (Fsp3) is 0.586. The molecule has 4 rings (SSSR count). The molecule has 2 amide bonds. The Balaban J connectivity index is 0.00000420. The molecule has 39 heavy (non-hydrogen) atoms. The number of nitrogens with two attached hydrogens (primary N) is 1. The van der Waals surface area contributed by atoms with Gasteiger partial charge in [-0.05, 0) is 57.1 Å². The van der Waals surface area contributed by atoms with Crippen LogP contribution in [0.1, 0.15) is 87.4 Å². The largest absolute Gasteiger partial charge is 0.480 e. The van der Waals surface area contributed by atoms with Crippen molar-refractivity contribution in [3.8, 4) is 0 Å². The standard InChI is InChI=1S/C29H40N4O5.ClH/c30-17-9-16-24(29(37)38)33(28(36)26(34)22-18-31-23-15-8-7-14-21(22)23)25(19-10-3-1-4-11-19)27(35)32-20-12-5-2-6-13-20;/h7-8,14-15,18-20,24-25,31H,1-6,9-13,16-17,30H2,(H,32,35)(H,37,38);1H/t24-,25?;/m1./s1. The molecular formula is C29H41ClN4O5. The number of halogens is 1. The number of carbonyl (C=O) groups is 4. The van der Waals surface area contributed by atoms with Crippen LogP contribution in [-0.4, -0.2) is 63.2 Å². The van der Waals surface area contributed by atoms with Gasteiger partial charge in [0.05, 0.1) is 5.56 Å². The van der Waals surface area contributed by atoms with E-state index in [9.17, 15) is 24.3 Å². The molecule has 1 aromatic heterocycles. The highest BCUT2D eigenvalue weighted by Gasteiger charge is 2.45. The van der Waals surface area contributed by atoms with Gasteiger partial charge in [-0.1, -0.05) is 56.7 Å². The minimum atomic E-state index is -1.33. The lowest BCUT2D eigenvalue weighted by molar-refractivity contribution is -0.155. The maximum absolute atomic E-state index is 14.1. The Hall–Kier alpha value is -2.91. The SMILES string of the molecule is Cl.NCCC[C@H](C(=O)O)N(C(=O)C(=O)c1c[nH]c2ccccc12)C(C(=O)NC1CCCCC1)C1CCCCC1. The Labute approximate surface area is 235 Å². The van der Waals surface area contributed by atoms with Crippen LogP contribution < -0.4 is 11.1 Å². The zero-order valence-corrected chi connectivity index (χ0v) is 23.2. The van der Waals surface area contributed by atoms with Crippen LogP contribution in [0.25, 0.3) is 10.9 Å². The monoisotopic (exact) mass is 560 g/mol. The molecule has 5 N–H and O–H groups in total. The smallest absolute Gasteiger partial charge is 0.326 e. The first-order chi connectivity index (χ1) is 18.4. The Morgan fingerprint density at radius 1 is 1.00 bits per heavy atom. The average molecular weight is 561 g/mol. The second-order valence-corrected chi connectivity index (χ2v) is 10.8. The maximum atomic E-state index is 14.1. The number of rotatable bonds is 11. The van der Waals surface area contributed by atoms with Crippen molar-refractivity contribution >= 4 is 46.9 Å². The van der Waals surface area contributed by atoms with E-state index in [1.54, 1.807) is 18.2 Å². The van der Waals surface area contributed by atoms with Crippen LogP contribution in [0.5, 0.6) is 0 Å². The van der Waals surface area contributed by atoms with Crippen LogP contribution in [0.2, 0.25) is 0 Å². The van der Waals surface area contributed by atoms with Gasteiger partial charge in [0, 0.05) is 23.1 Å². The van der Waals surface area contributed by atoms with E-state index < -0.39 is 29.7 Å². The first-order valence-electron chi connectivity index (χ1n) is 14.1. The second-order valence-electron chi connectivity index (χ2n) is 10.8. The lowest BCUT2D eigenvalue weighted by Crippen LogP contribution is -2.61. The second kappa shape index (κ2) is 14.5. The van der Waals surface area contributed by atoms with Gasteiger partial charge < -0.3 is 26.0 Å². The summed E-state index contributed by atoms with van der Waals surface area (Å²) in [6.45, 7) is 0.241. The molecule has 10 heteroatoms. The van der Waals surface area contributed by atoms with E-state index in [0.717, 1.165) is 56.3 Å². The number of hydrogen-bond acceptors (Lipinski definition) is 5. The topological polar surface area (TPSA) is 146 Å². The van der Waals surface area contributed by atoms with E-state index in [1.165, 1.54) is 6.20 Å². The maximum Gasteiger partial charge on any atom is 0.326 e. The summed E-state index contributed by atoms with van der Waals surface area (Å²) in [6, 6.07) is 4.78. The summed E-state index contributed by atoms with van der Waals surface area (Å²) in [5.74, 6) is -3.55. The van der Waals surface area contributed by atoms with Crippen LogP contribution in [0, 0.1) is 5.92 Å². The van der Waals surface area contributed by atoms with E-state index in [4.69, 9.17) is 5.73 Å². The molecular weight excluding hydrogens is 520 g/mol. The number of H-pyrrole nitrogens is 1. The Bertz CT molecular complexity index is 1140. The summed E-state index contributed by atoms with van der Waals surface area (Å²) in [6.07, 6.45) is 11.0. The number of aromatic amines is 1. The normalized spacial score (nSPS) is 18.1. The van der Waals surface area contributed by atoms with Gasteiger partial charge in [0.15, 0.2) is 0 Å². The molecule has 0 bridgehead atoms. The molecule has 2 atom stereocenters. The molecule has 0 aliphatic heterocycles. The van der Waals surface area contributed by atoms with Crippen molar-refractivity contribution in [2.24, 2.45) is 11.7 Å². The molecule has 2 aromatic rings. The van der Waals surface area contributed by atoms with Gasteiger partial charge in [-0.2, -0.15) is 0 Å². The number of hydrogen-bond donors (Lipinski definition) is 4. The van der Waals surface area contributed by atoms with Crippen molar-refractivity contribution in [3.63, 3.8) is 0 Å². The summed E-state index contributed by atoms with van der Waals surface area (Å²) in [7, 11) is 0. The van der Waals surface area contributed by atoms with Crippen LogP contribution >= 0.6 is 12.4 Å². The van der Waals surface area contributed by atoms with Crippen LogP contribution in [0.15, 0.2) is 30.5 Å². The molecule has 1 aromatic carbocycles. The molecule has 0 radical (unpaired) electrons. The molecule has 2 saturated carbocycles. The molecule has 2 fully saturated rings. The quantitative estimate of drug-likeness (QED) is 0.239. The highest BCUT2D eigenvalue weighted by Crippen LogP contribution is 2.32. The molecule has 0 saturated heterocycles. The number of para-hydroxylation sites is 1. The van der Waals surface area contributed by atoms with E-state index in [0.29, 0.717) is 30.2 Å². The van der Waals surface area contributed by atoms with E-state index in [2.05, 4.69) is 10.3 Å². The van der Waals surface area contributed by atoms with E-state index in [-0.39, 0.29) is 48.8 Å². The molecule has 2 aliphatic carbocycles. The summed E-state index contributed by atoms with van der Waals surface area (Å²) >= 11 is 0.